The van der Waals surface area contributed by atoms with Crippen molar-refractivity contribution in [2.24, 2.45) is 0 Å². The van der Waals surface area contributed by atoms with Crippen LogP contribution in [-0.4, -0.2) is 24.5 Å². The van der Waals surface area contributed by atoms with Gasteiger partial charge in [-0.1, -0.05) is 42.0 Å². The van der Waals surface area contributed by atoms with Gasteiger partial charge in [-0.05, 0) is 24.6 Å². The number of amides is 2. The van der Waals surface area contributed by atoms with Gasteiger partial charge in [-0.2, -0.15) is 13.2 Å². The van der Waals surface area contributed by atoms with Crippen LogP contribution >= 0.6 is 0 Å². The van der Waals surface area contributed by atoms with Crippen molar-refractivity contribution in [3.05, 3.63) is 59.7 Å². The fraction of sp³-hybridized carbons (Fsp3) is 0.300. The van der Waals surface area contributed by atoms with Crippen LogP contribution < -0.4 is 16.0 Å². The molecular weight excluding hydrogens is 371 g/mol. The summed E-state index contributed by atoms with van der Waals surface area (Å²) in [6.45, 7) is 2.07. The second kappa shape index (κ2) is 9.25. The summed E-state index contributed by atoms with van der Waals surface area (Å²) < 4.78 is 37.4. The minimum atomic E-state index is -4.38. The standard InChI is InChI=1S/C20H22F3N3O2/c1-13-7-9-15(10-8-13)18(25-14(2)27)11-19(28)26-17-6-4-3-5-16(17)24-12-20(21,22)23/h3-10,18,24H,11-12H2,1-2H3,(H,25,27)(H,26,28). The third kappa shape index (κ3) is 6.94. The predicted molar refractivity (Wildman–Crippen MR) is 102 cm³/mol. The second-order valence-electron chi connectivity index (χ2n) is 6.43. The third-order valence-electron chi connectivity index (χ3n) is 3.93. The smallest absolute Gasteiger partial charge is 0.375 e. The van der Waals surface area contributed by atoms with Crippen molar-refractivity contribution in [2.45, 2.75) is 32.5 Å². The van der Waals surface area contributed by atoms with E-state index in [9.17, 15) is 22.8 Å². The van der Waals surface area contributed by atoms with Gasteiger partial charge in [0.15, 0.2) is 0 Å². The third-order valence-corrected chi connectivity index (χ3v) is 3.93. The Kier molecular flexibility index (Phi) is 7.03. The van der Waals surface area contributed by atoms with E-state index in [0.29, 0.717) is 0 Å². The molecule has 0 fully saturated rings. The van der Waals surface area contributed by atoms with Gasteiger partial charge in [0.25, 0.3) is 0 Å². The Hall–Kier alpha value is -3.03. The first-order valence-electron chi connectivity index (χ1n) is 8.67. The summed E-state index contributed by atoms with van der Waals surface area (Å²) in [4.78, 5) is 24.0. The van der Waals surface area contributed by atoms with Crippen LogP contribution in [0.2, 0.25) is 0 Å². The van der Waals surface area contributed by atoms with Gasteiger partial charge in [0.1, 0.15) is 6.54 Å². The van der Waals surface area contributed by atoms with Crippen LogP contribution in [0.15, 0.2) is 48.5 Å². The molecule has 0 spiro atoms. The molecule has 150 valence electrons. The van der Waals surface area contributed by atoms with Crippen molar-refractivity contribution in [3.8, 4) is 0 Å². The quantitative estimate of drug-likeness (QED) is 0.661. The molecule has 2 aromatic carbocycles. The second-order valence-corrected chi connectivity index (χ2v) is 6.43. The number of nitrogens with one attached hydrogen (secondary N) is 3. The average Bonchev–Trinajstić information content (AvgIpc) is 2.60. The van der Waals surface area contributed by atoms with E-state index in [-0.39, 0.29) is 23.7 Å². The molecule has 5 nitrogen and oxygen atoms in total. The molecule has 0 heterocycles. The first-order chi connectivity index (χ1) is 13.1. The number of carbonyl (C=O) groups is 2. The number of anilines is 2. The minimum absolute atomic E-state index is 0.0593. The Balaban J connectivity index is 2.10. The normalized spacial score (nSPS) is 12.2. The Labute approximate surface area is 161 Å². The van der Waals surface area contributed by atoms with Crippen molar-refractivity contribution in [3.63, 3.8) is 0 Å². The number of halogens is 3. The number of carbonyl (C=O) groups excluding carboxylic acids is 2. The number of hydrogen-bond donors (Lipinski definition) is 3. The van der Waals surface area contributed by atoms with Gasteiger partial charge >= 0.3 is 6.18 Å². The average molecular weight is 393 g/mol. The molecule has 0 radical (unpaired) electrons. The van der Waals surface area contributed by atoms with Gasteiger partial charge in [-0.25, -0.2) is 0 Å². The molecule has 0 saturated heterocycles. The number of aryl methyl sites for hydroxylation is 1. The van der Waals surface area contributed by atoms with E-state index in [0.717, 1.165) is 11.1 Å². The summed E-state index contributed by atoms with van der Waals surface area (Å²) in [6.07, 6.45) is -4.44. The maximum absolute atomic E-state index is 12.5. The van der Waals surface area contributed by atoms with Crippen molar-refractivity contribution in [1.82, 2.24) is 5.32 Å². The zero-order chi connectivity index (χ0) is 20.7. The number of para-hydroxylation sites is 2. The van der Waals surface area contributed by atoms with Crippen LogP contribution in [0, 0.1) is 6.92 Å². The summed E-state index contributed by atoms with van der Waals surface area (Å²) in [5.74, 6) is -0.716. The molecule has 0 saturated carbocycles. The van der Waals surface area contributed by atoms with Gasteiger partial charge in [0, 0.05) is 6.92 Å². The van der Waals surface area contributed by atoms with Gasteiger partial charge in [-0.3, -0.25) is 9.59 Å². The Morgan fingerprint density at radius 2 is 1.61 bits per heavy atom. The highest BCUT2D eigenvalue weighted by atomic mass is 19.4. The monoisotopic (exact) mass is 393 g/mol. The SMILES string of the molecule is CC(=O)NC(CC(=O)Nc1ccccc1NCC(F)(F)F)c1ccc(C)cc1. The minimum Gasteiger partial charge on any atom is -0.375 e. The van der Waals surface area contributed by atoms with E-state index >= 15 is 0 Å². The topological polar surface area (TPSA) is 70.2 Å². The van der Waals surface area contributed by atoms with Crippen LogP contribution in [0.3, 0.4) is 0 Å². The molecule has 1 unspecified atom stereocenters. The van der Waals surface area contributed by atoms with E-state index in [1.165, 1.54) is 19.1 Å². The van der Waals surface area contributed by atoms with Crippen LogP contribution in [0.1, 0.15) is 30.5 Å². The highest BCUT2D eigenvalue weighted by Crippen LogP contribution is 2.25. The van der Waals surface area contributed by atoms with Crippen LogP contribution in [-0.2, 0) is 9.59 Å². The molecule has 2 rings (SSSR count). The van der Waals surface area contributed by atoms with Crippen LogP contribution in [0.25, 0.3) is 0 Å². The predicted octanol–water partition coefficient (Wildman–Crippen LogP) is 4.18. The molecule has 28 heavy (non-hydrogen) atoms. The lowest BCUT2D eigenvalue weighted by Crippen LogP contribution is -2.30. The zero-order valence-electron chi connectivity index (χ0n) is 15.6. The maximum atomic E-state index is 12.5. The van der Waals surface area contributed by atoms with Crippen LogP contribution in [0.5, 0.6) is 0 Å². The highest BCUT2D eigenvalue weighted by Gasteiger charge is 2.27. The van der Waals surface area contributed by atoms with Crippen molar-refractivity contribution in [1.29, 1.82) is 0 Å². The highest BCUT2D eigenvalue weighted by molar-refractivity contribution is 5.94. The van der Waals surface area contributed by atoms with E-state index in [1.807, 2.05) is 31.2 Å². The summed E-state index contributed by atoms with van der Waals surface area (Å²) in [5.41, 5.74) is 2.21. The fourth-order valence-corrected chi connectivity index (χ4v) is 2.62. The van der Waals surface area contributed by atoms with Crippen molar-refractivity contribution < 1.29 is 22.8 Å². The van der Waals surface area contributed by atoms with Crippen molar-refractivity contribution in [2.75, 3.05) is 17.2 Å². The number of alkyl halides is 3. The molecule has 0 aliphatic carbocycles. The lowest BCUT2D eigenvalue weighted by molar-refractivity contribution is -0.120. The molecule has 0 aromatic heterocycles. The summed E-state index contributed by atoms with van der Waals surface area (Å²) >= 11 is 0. The lowest BCUT2D eigenvalue weighted by Gasteiger charge is -2.19. The number of rotatable bonds is 7. The van der Waals surface area contributed by atoms with E-state index in [1.54, 1.807) is 12.1 Å². The molecular formula is C20H22F3N3O2. The largest absolute Gasteiger partial charge is 0.405 e. The summed E-state index contributed by atoms with van der Waals surface area (Å²) in [7, 11) is 0. The van der Waals surface area contributed by atoms with E-state index in [2.05, 4.69) is 16.0 Å². The molecule has 1 atom stereocenters. The van der Waals surface area contributed by atoms with Crippen molar-refractivity contribution >= 4 is 23.2 Å². The number of benzene rings is 2. The summed E-state index contributed by atoms with van der Waals surface area (Å²) in [5, 5.41) is 7.61. The molecule has 3 N–H and O–H groups in total. The van der Waals surface area contributed by atoms with Gasteiger partial charge in [-0.15, -0.1) is 0 Å². The first-order valence-corrected chi connectivity index (χ1v) is 8.67. The zero-order valence-corrected chi connectivity index (χ0v) is 15.6. The molecule has 2 amide bonds. The molecule has 8 heteroatoms. The van der Waals surface area contributed by atoms with Gasteiger partial charge in [0.05, 0.1) is 23.8 Å². The first kappa shape index (κ1) is 21.3. The lowest BCUT2D eigenvalue weighted by atomic mass is 10.0. The molecule has 0 aliphatic rings. The van der Waals surface area contributed by atoms with Crippen LogP contribution in [0.4, 0.5) is 24.5 Å². The Morgan fingerprint density at radius 3 is 2.18 bits per heavy atom. The van der Waals surface area contributed by atoms with E-state index in [4.69, 9.17) is 0 Å². The molecule has 0 aliphatic heterocycles. The van der Waals surface area contributed by atoms with Gasteiger partial charge < -0.3 is 16.0 Å². The molecule has 0 bridgehead atoms. The Bertz CT molecular complexity index is 820. The van der Waals surface area contributed by atoms with Gasteiger partial charge in [0.2, 0.25) is 11.8 Å². The Morgan fingerprint density at radius 1 is 1.00 bits per heavy atom. The fourth-order valence-electron chi connectivity index (χ4n) is 2.62. The molecule has 2 aromatic rings. The van der Waals surface area contributed by atoms with E-state index < -0.39 is 24.7 Å². The maximum Gasteiger partial charge on any atom is 0.405 e. The summed E-state index contributed by atoms with van der Waals surface area (Å²) in [6, 6.07) is 13.0. The number of hydrogen-bond acceptors (Lipinski definition) is 3.